The molecule has 1 heterocycles. The molecule has 9 heavy (non-hydrogen) atoms. The molecule has 0 bridgehead atoms. The third kappa shape index (κ3) is 1.70. The third-order valence-electron chi connectivity index (χ3n) is 0.809. The zero-order valence-electron chi connectivity index (χ0n) is 4.50. The summed E-state index contributed by atoms with van der Waals surface area (Å²) in [6.45, 7) is 0. The molecule has 0 radical (unpaired) electrons. The average Bonchev–Trinajstić information content (AvgIpc) is 1.90. The van der Waals surface area contributed by atoms with Crippen molar-refractivity contribution in [1.29, 1.82) is 0 Å². The van der Waals surface area contributed by atoms with E-state index in [-0.39, 0.29) is 0 Å². The van der Waals surface area contributed by atoms with Gasteiger partial charge in [-0.2, -0.15) is 0 Å². The van der Waals surface area contributed by atoms with Crippen LogP contribution in [0.4, 0.5) is 0 Å². The van der Waals surface area contributed by atoms with Gasteiger partial charge in [0.05, 0.1) is 0 Å². The first-order valence-electron chi connectivity index (χ1n) is 2.32. The Bertz CT molecular complexity index is 185. The standard InChI is InChI=1S/C5H6INO2/c8-5(9)4-2-1-3-6-7-4/h1-3,6-7H,(H,8,9). The fourth-order valence-corrected chi connectivity index (χ4v) is 1.87. The molecule has 0 atom stereocenters. The number of nitrogens with one attached hydrogen (secondary N) is 1. The van der Waals surface area contributed by atoms with Crippen LogP contribution in [-0.4, -0.2) is 11.1 Å². The number of rotatable bonds is 1. The first-order valence-corrected chi connectivity index (χ1v) is 4.83. The van der Waals surface area contributed by atoms with E-state index in [1.54, 1.807) is 12.2 Å². The Balaban J connectivity index is 2.68. The molecule has 0 amide bonds. The summed E-state index contributed by atoms with van der Waals surface area (Å²) in [7, 11) is 0. The van der Waals surface area contributed by atoms with Gasteiger partial charge in [-0.05, 0) is 0 Å². The molecule has 4 heteroatoms. The second kappa shape index (κ2) is 2.86. The van der Waals surface area contributed by atoms with Crippen molar-refractivity contribution in [1.82, 2.24) is 3.53 Å². The monoisotopic (exact) mass is 239 g/mol. The van der Waals surface area contributed by atoms with Crippen molar-refractivity contribution in [3.63, 3.8) is 0 Å². The Kier molecular flexibility index (Phi) is 2.10. The number of hydrogen-bond donors (Lipinski definition) is 2. The number of carboxylic acid groups (broad SMARTS) is 1. The fraction of sp³-hybridized carbons (Fsp3) is 0. The zero-order chi connectivity index (χ0) is 6.69. The molecule has 0 fully saturated rings. The summed E-state index contributed by atoms with van der Waals surface area (Å²) in [5, 5.41) is 8.39. The van der Waals surface area contributed by atoms with Gasteiger partial charge in [0.2, 0.25) is 0 Å². The Morgan fingerprint density at radius 1 is 1.78 bits per heavy atom. The topological polar surface area (TPSA) is 49.3 Å². The maximum absolute atomic E-state index is 10.2. The number of carboxylic acids is 1. The van der Waals surface area contributed by atoms with E-state index in [4.69, 9.17) is 5.11 Å². The van der Waals surface area contributed by atoms with Crippen molar-refractivity contribution in [2.24, 2.45) is 0 Å². The summed E-state index contributed by atoms with van der Waals surface area (Å²) in [5.41, 5.74) is 0.319. The van der Waals surface area contributed by atoms with E-state index in [1.807, 2.05) is 4.08 Å². The molecule has 0 aliphatic carbocycles. The summed E-state index contributed by atoms with van der Waals surface area (Å²) >= 11 is -0.393. The number of halogens is 1. The molecular weight excluding hydrogens is 233 g/mol. The van der Waals surface area contributed by atoms with Crippen molar-refractivity contribution < 1.29 is 9.90 Å². The van der Waals surface area contributed by atoms with Crippen LogP contribution in [0, 0.1) is 0 Å². The number of carbonyl (C=O) groups is 1. The van der Waals surface area contributed by atoms with Gasteiger partial charge >= 0.3 is 62.8 Å². The Morgan fingerprint density at radius 3 is 2.89 bits per heavy atom. The molecule has 1 aliphatic heterocycles. The maximum atomic E-state index is 10.2. The Labute approximate surface area is 63.1 Å². The summed E-state index contributed by atoms with van der Waals surface area (Å²) in [6.07, 6.45) is 3.35. The van der Waals surface area contributed by atoms with Crippen molar-refractivity contribution in [2.45, 2.75) is 0 Å². The molecule has 1 aliphatic rings. The van der Waals surface area contributed by atoms with E-state index in [2.05, 4.69) is 3.53 Å². The van der Waals surface area contributed by atoms with Gasteiger partial charge in [-0.25, -0.2) is 0 Å². The van der Waals surface area contributed by atoms with Crippen LogP contribution < -0.4 is 3.53 Å². The van der Waals surface area contributed by atoms with Crippen LogP contribution in [0.5, 0.6) is 0 Å². The van der Waals surface area contributed by atoms with Gasteiger partial charge in [-0.3, -0.25) is 0 Å². The molecule has 0 unspecified atom stereocenters. The molecule has 1 rings (SSSR count). The Morgan fingerprint density at radius 2 is 2.56 bits per heavy atom. The van der Waals surface area contributed by atoms with Crippen molar-refractivity contribution in [2.75, 3.05) is 0 Å². The van der Waals surface area contributed by atoms with Gasteiger partial charge in [-0.1, -0.05) is 0 Å². The van der Waals surface area contributed by atoms with E-state index in [1.165, 1.54) is 0 Å². The minimum atomic E-state index is -0.871. The number of allylic oxidation sites excluding steroid dienone is 2. The minimum absolute atomic E-state index is 0.319. The van der Waals surface area contributed by atoms with Crippen molar-refractivity contribution >= 4 is 27.4 Å². The SMILES string of the molecule is O=C(O)C1=CC=C[IH]N1. The van der Waals surface area contributed by atoms with Gasteiger partial charge in [0.25, 0.3) is 0 Å². The van der Waals surface area contributed by atoms with Gasteiger partial charge in [0.1, 0.15) is 0 Å². The van der Waals surface area contributed by atoms with Crippen LogP contribution >= 0.6 is 21.5 Å². The van der Waals surface area contributed by atoms with E-state index >= 15 is 0 Å². The molecule has 0 spiro atoms. The summed E-state index contributed by atoms with van der Waals surface area (Å²) in [5.74, 6) is -0.871. The van der Waals surface area contributed by atoms with Crippen LogP contribution in [0.15, 0.2) is 21.9 Å². The van der Waals surface area contributed by atoms with Gasteiger partial charge in [0.15, 0.2) is 0 Å². The van der Waals surface area contributed by atoms with Crippen LogP contribution in [0.25, 0.3) is 0 Å². The average molecular weight is 239 g/mol. The predicted molar refractivity (Wildman–Crippen MR) is 43.4 cm³/mol. The molecule has 0 aromatic rings. The molecule has 3 nitrogen and oxygen atoms in total. The van der Waals surface area contributed by atoms with Crippen LogP contribution in [0.2, 0.25) is 0 Å². The Hall–Kier alpha value is -0.520. The van der Waals surface area contributed by atoms with Crippen LogP contribution in [0.1, 0.15) is 0 Å². The van der Waals surface area contributed by atoms with E-state index in [9.17, 15) is 4.79 Å². The summed E-state index contributed by atoms with van der Waals surface area (Å²) in [6, 6.07) is 0. The summed E-state index contributed by atoms with van der Waals surface area (Å²) < 4.78 is 4.81. The second-order valence-electron chi connectivity index (χ2n) is 1.43. The second-order valence-corrected chi connectivity index (χ2v) is 3.47. The number of hydrogen-bond acceptors (Lipinski definition) is 2. The molecule has 2 N–H and O–H groups in total. The molecule has 0 aromatic carbocycles. The molecule has 50 valence electrons. The summed E-state index contributed by atoms with van der Waals surface area (Å²) in [4.78, 5) is 10.2. The van der Waals surface area contributed by atoms with Crippen molar-refractivity contribution in [3.05, 3.63) is 21.9 Å². The first-order chi connectivity index (χ1) is 4.30. The van der Waals surface area contributed by atoms with E-state index < -0.39 is 27.4 Å². The third-order valence-corrected chi connectivity index (χ3v) is 2.61. The van der Waals surface area contributed by atoms with Gasteiger partial charge in [0, 0.05) is 0 Å². The van der Waals surface area contributed by atoms with E-state index in [0.717, 1.165) is 0 Å². The van der Waals surface area contributed by atoms with Gasteiger partial charge < -0.3 is 0 Å². The normalized spacial score (nSPS) is 17.1. The van der Waals surface area contributed by atoms with E-state index in [0.29, 0.717) is 5.70 Å². The molecular formula is C5H6INO2. The predicted octanol–water partition coefficient (Wildman–Crippen LogP) is 0.690. The quantitative estimate of drug-likeness (QED) is 0.522. The van der Waals surface area contributed by atoms with Crippen molar-refractivity contribution in [3.8, 4) is 0 Å². The molecule has 0 aromatic heterocycles. The number of aliphatic carboxylic acids is 1. The molecule has 0 saturated heterocycles. The molecule has 0 saturated carbocycles. The van der Waals surface area contributed by atoms with Crippen LogP contribution in [-0.2, 0) is 4.79 Å². The van der Waals surface area contributed by atoms with Gasteiger partial charge in [-0.15, -0.1) is 0 Å². The fourth-order valence-electron chi connectivity index (χ4n) is 0.421. The van der Waals surface area contributed by atoms with Crippen LogP contribution in [0.3, 0.4) is 0 Å². The first kappa shape index (κ1) is 6.60. The zero-order valence-corrected chi connectivity index (χ0v) is 6.83.